The molecular formula is C30H51N6O4P. The van der Waals surface area contributed by atoms with E-state index in [1.54, 1.807) is 19.5 Å². The maximum absolute atomic E-state index is 13.3. The van der Waals surface area contributed by atoms with Gasteiger partial charge in [-0.2, -0.15) is 4.98 Å². The van der Waals surface area contributed by atoms with Crippen molar-refractivity contribution >= 4 is 27.1 Å². The van der Waals surface area contributed by atoms with E-state index in [0.29, 0.717) is 30.4 Å². The molecule has 1 aliphatic heterocycles. The number of aliphatic imine (C=N–C) groups is 2. The summed E-state index contributed by atoms with van der Waals surface area (Å²) < 4.78 is 30.4. The molecular weight excluding hydrogens is 539 g/mol. The van der Waals surface area contributed by atoms with Gasteiger partial charge in [0.15, 0.2) is 12.2 Å². The van der Waals surface area contributed by atoms with Crippen LogP contribution in [0.2, 0.25) is 0 Å². The number of hydrogen-bond acceptors (Lipinski definition) is 8. The standard InChI is InChI=1S/C30H51N6O4P/c1-12-14-26-18-35(30(37)33-29(26)32-19-34(16-21(3)4)17-22(5)6)28-15-27(25(11)39-28)40-41(38-20-31-13-2)36(23(7)8)24(9)10/h18-25,27-28H,13,15-17H2,1-11H3/t25?,27-,28?,41?/m1/s1/i11D. The van der Waals surface area contributed by atoms with Crippen LogP contribution in [0.4, 0.5) is 5.82 Å². The van der Waals surface area contributed by atoms with Crippen molar-refractivity contribution in [2.45, 2.75) is 113 Å². The van der Waals surface area contributed by atoms with Crippen molar-refractivity contribution in [3.63, 3.8) is 0 Å². The Morgan fingerprint density at radius 1 is 1.22 bits per heavy atom. The zero-order chi connectivity index (χ0) is 31.4. The molecule has 2 rings (SSSR count). The van der Waals surface area contributed by atoms with Gasteiger partial charge in [-0.05, 0) is 60.3 Å². The Balaban J connectivity index is 2.37. The molecule has 1 saturated heterocycles. The number of rotatable bonds is 15. The molecule has 0 aromatic carbocycles. The highest BCUT2D eigenvalue weighted by atomic mass is 31.2. The van der Waals surface area contributed by atoms with Crippen molar-refractivity contribution in [1.29, 1.82) is 0 Å². The highest BCUT2D eigenvalue weighted by Gasteiger charge is 2.40. The quantitative estimate of drug-likeness (QED) is 0.107. The molecule has 0 amide bonds. The Morgan fingerprint density at radius 3 is 2.41 bits per heavy atom. The second-order valence-corrected chi connectivity index (χ2v) is 12.9. The summed E-state index contributed by atoms with van der Waals surface area (Å²) in [4.78, 5) is 28.5. The third kappa shape index (κ3) is 10.8. The highest BCUT2D eigenvalue weighted by molar-refractivity contribution is 7.45. The molecule has 0 aliphatic carbocycles. The van der Waals surface area contributed by atoms with Gasteiger partial charge in [-0.3, -0.25) is 9.56 Å². The normalized spacial score (nSPS) is 20.6. The fourth-order valence-electron chi connectivity index (χ4n) is 4.59. The molecule has 2 heterocycles. The Hall–Kier alpha value is -2.31. The first-order valence-corrected chi connectivity index (χ1v) is 15.7. The van der Waals surface area contributed by atoms with E-state index in [1.165, 1.54) is 11.0 Å². The van der Waals surface area contributed by atoms with Gasteiger partial charge in [0.2, 0.25) is 0 Å². The minimum absolute atomic E-state index is 0.0234. The SMILES string of the molecule is [2H]CC1OC(n2cc(C#CC)c(N=CN(CC(C)C)CC(C)C)nc2=O)C[C@H]1OP(OC=NCC)N(C(C)C)C(C)C. The van der Waals surface area contributed by atoms with Crippen LogP contribution in [-0.2, 0) is 13.8 Å². The molecule has 1 aromatic rings. The van der Waals surface area contributed by atoms with Gasteiger partial charge >= 0.3 is 14.2 Å². The average Bonchev–Trinajstić information content (AvgIpc) is 3.30. The average molecular weight is 592 g/mol. The van der Waals surface area contributed by atoms with Gasteiger partial charge in [0.05, 0.1) is 24.1 Å². The zero-order valence-electron chi connectivity index (χ0n) is 27.6. The Kier molecular flexibility index (Phi) is 13.7. The molecule has 0 saturated carbocycles. The maximum Gasteiger partial charge on any atom is 0.351 e. The fourth-order valence-corrected chi connectivity index (χ4v) is 6.21. The van der Waals surface area contributed by atoms with Crippen molar-refractivity contribution < 1.29 is 15.2 Å². The van der Waals surface area contributed by atoms with Crippen molar-refractivity contribution in [2.75, 3.05) is 19.6 Å². The molecule has 0 radical (unpaired) electrons. The lowest BCUT2D eigenvalue weighted by molar-refractivity contribution is -0.00769. The van der Waals surface area contributed by atoms with Crippen molar-refractivity contribution in [1.82, 2.24) is 19.1 Å². The van der Waals surface area contributed by atoms with Crippen LogP contribution in [0.25, 0.3) is 0 Å². The molecule has 10 nitrogen and oxygen atoms in total. The largest absolute Gasteiger partial charge is 0.425 e. The van der Waals surface area contributed by atoms with Crippen LogP contribution in [0.15, 0.2) is 21.0 Å². The van der Waals surface area contributed by atoms with Crippen LogP contribution in [0.3, 0.4) is 0 Å². The molecule has 0 bridgehead atoms. The molecule has 0 spiro atoms. The van der Waals surface area contributed by atoms with Crippen LogP contribution < -0.4 is 5.69 Å². The van der Waals surface area contributed by atoms with Gasteiger partial charge in [-0.25, -0.2) is 14.5 Å². The first kappa shape index (κ1) is 33.2. The summed E-state index contributed by atoms with van der Waals surface area (Å²) in [7, 11) is -1.52. The molecule has 41 heavy (non-hydrogen) atoms. The van der Waals surface area contributed by atoms with Crippen LogP contribution in [0.1, 0.15) is 95.7 Å². The first-order chi connectivity index (χ1) is 19.9. The molecule has 1 aromatic heterocycles. The highest BCUT2D eigenvalue weighted by Crippen LogP contribution is 2.49. The summed E-state index contributed by atoms with van der Waals surface area (Å²) in [6.07, 6.45) is 3.56. The van der Waals surface area contributed by atoms with Crippen molar-refractivity contribution in [3.05, 3.63) is 22.2 Å². The van der Waals surface area contributed by atoms with E-state index in [9.17, 15) is 4.79 Å². The van der Waals surface area contributed by atoms with Gasteiger partial charge < -0.3 is 18.7 Å². The third-order valence-electron chi connectivity index (χ3n) is 6.09. The summed E-state index contributed by atoms with van der Waals surface area (Å²) in [6, 6.07) is 0.316. The first-order valence-electron chi connectivity index (χ1n) is 15.3. The predicted octanol–water partition coefficient (Wildman–Crippen LogP) is 5.99. The van der Waals surface area contributed by atoms with E-state index < -0.39 is 32.7 Å². The summed E-state index contributed by atoms with van der Waals surface area (Å²) in [5.41, 5.74) is 0.0435. The summed E-state index contributed by atoms with van der Waals surface area (Å²) in [6.45, 7) is 22.9. The molecule has 4 atom stereocenters. The molecule has 11 heteroatoms. The topological polar surface area (TPSA) is 93.8 Å². The van der Waals surface area contributed by atoms with E-state index in [2.05, 4.69) is 91.8 Å². The fraction of sp³-hybridized carbons (Fsp3) is 0.733. The van der Waals surface area contributed by atoms with Crippen molar-refractivity contribution in [3.8, 4) is 11.8 Å². The second kappa shape index (κ2) is 17.0. The van der Waals surface area contributed by atoms with Crippen LogP contribution in [-0.4, -0.2) is 75.8 Å². The number of nitrogens with zero attached hydrogens (tertiary/aromatic N) is 6. The number of hydrogen-bond donors (Lipinski definition) is 0. The zero-order valence-corrected chi connectivity index (χ0v) is 27.5. The van der Waals surface area contributed by atoms with Gasteiger partial charge in [0, 0.05) is 45.7 Å². The lowest BCUT2D eigenvalue weighted by atomic mass is 10.1. The monoisotopic (exact) mass is 591 g/mol. The van der Waals surface area contributed by atoms with Crippen molar-refractivity contribution in [2.24, 2.45) is 21.8 Å². The van der Waals surface area contributed by atoms with E-state index in [-0.39, 0.29) is 24.8 Å². The summed E-state index contributed by atoms with van der Waals surface area (Å²) >= 11 is 0. The molecule has 3 unspecified atom stereocenters. The summed E-state index contributed by atoms with van der Waals surface area (Å²) in [5, 5.41) is 0. The predicted molar refractivity (Wildman–Crippen MR) is 169 cm³/mol. The molecule has 1 aliphatic rings. The third-order valence-corrected chi connectivity index (χ3v) is 8.12. The van der Waals surface area contributed by atoms with E-state index >= 15 is 0 Å². The van der Waals surface area contributed by atoms with E-state index in [1.807, 2.05) is 6.92 Å². The van der Waals surface area contributed by atoms with Crippen LogP contribution in [0, 0.1) is 23.7 Å². The number of aromatic nitrogens is 2. The Morgan fingerprint density at radius 2 is 1.88 bits per heavy atom. The smallest absolute Gasteiger partial charge is 0.351 e. The lowest BCUT2D eigenvalue weighted by Crippen LogP contribution is -2.35. The molecule has 0 N–H and O–H groups in total. The van der Waals surface area contributed by atoms with Gasteiger partial charge in [0.1, 0.15) is 6.23 Å². The van der Waals surface area contributed by atoms with Gasteiger partial charge in [0.25, 0.3) is 0 Å². The van der Waals surface area contributed by atoms with E-state index in [4.69, 9.17) is 15.2 Å². The molecule has 1 fully saturated rings. The Labute approximate surface area is 250 Å². The maximum atomic E-state index is 13.3. The van der Waals surface area contributed by atoms with Crippen LogP contribution in [0.5, 0.6) is 0 Å². The lowest BCUT2D eigenvalue weighted by Gasteiger charge is -2.36. The molecule has 230 valence electrons. The minimum Gasteiger partial charge on any atom is -0.425 e. The summed E-state index contributed by atoms with van der Waals surface area (Å²) in [5.74, 6) is 7.15. The van der Waals surface area contributed by atoms with Gasteiger partial charge in [-0.15, -0.1) is 5.92 Å². The van der Waals surface area contributed by atoms with E-state index in [0.717, 1.165) is 13.1 Å². The Bertz CT molecular complexity index is 1130. The minimum atomic E-state index is -1.52. The van der Waals surface area contributed by atoms with Gasteiger partial charge in [-0.1, -0.05) is 33.6 Å². The van der Waals surface area contributed by atoms with Crippen LogP contribution >= 0.6 is 8.53 Å². The second-order valence-electron chi connectivity index (χ2n) is 11.6. The number of ether oxygens (including phenoxy) is 1.